The van der Waals surface area contributed by atoms with Gasteiger partial charge < -0.3 is 29.5 Å². The van der Waals surface area contributed by atoms with E-state index in [-0.39, 0.29) is 11.8 Å². The molecule has 2 amide bonds. The number of carbonyl (C=O) groups is 2. The number of rotatable bonds is 6. The highest BCUT2D eigenvalue weighted by atomic mass is 16.5. The summed E-state index contributed by atoms with van der Waals surface area (Å²) in [6.07, 6.45) is -1.33. The molecule has 198 valence electrons. The summed E-state index contributed by atoms with van der Waals surface area (Å²) in [5, 5.41) is 15.4. The van der Waals surface area contributed by atoms with Crippen LogP contribution in [0.25, 0.3) is 0 Å². The van der Waals surface area contributed by atoms with Crippen LogP contribution in [0.1, 0.15) is 29.5 Å². The van der Waals surface area contributed by atoms with Gasteiger partial charge in [-0.3, -0.25) is 9.59 Å². The standard InChI is InChI=1S/C30H32N2O6/c1-18(33)31-29-23-16-15-22(37-5)17-24(23)38-30(29,20-11-13-21(36-4)14-12-20)26(19-9-7-6-8-10-19)25(27(29)34)28(35)32(2)3/h6-17,25-27,34H,1-5H3,(H,31,33)/t25-,26-,27?,29+,30+/m1/s1. The lowest BCUT2D eigenvalue weighted by Crippen LogP contribution is -2.62. The van der Waals surface area contributed by atoms with Gasteiger partial charge in [0.05, 0.1) is 26.2 Å². The average Bonchev–Trinajstić information content (AvgIpc) is 3.32. The van der Waals surface area contributed by atoms with Gasteiger partial charge in [0.25, 0.3) is 0 Å². The second-order valence-corrected chi connectivity index (χ2v) is 10.0. The highest BCUT2D eigenvalue weighted by Crippen LogP contribution is 2.68. The second-order valence-electron chi connectivity index (χ2n) is 10.0. The van der Waals surface area contributed by atoms with Gasteiger partial charge in [0.2, 0.25) is 11.8 Å². The molecule has 1 fully saturated rings. The van der Waals surface area contributed by atoms with E-state index in [1.54, 1.807) is 46.5 Å². The summed E-state index contributed by atoms with van der Waals surface area (Å²) < 4.78 is 17.8. The Bertz CT molecular complexity index is 1360. The summed E-state index contributed by atoms with van der Waals surface area (Å²) in [6, 6.07) is 22.2. The number of amides is 2. The first-order valence-electron chi connectivity index (χ1n) is 12.5. The van der Waals surface area contributed by atoms with E-state index in [2.05, 4.69) is 5.32 Å². The summed E-state index contributed by atoms with van der Waals surface area (Å²) in [7, 11) is 6.47. The second kappa shape index (κ2) is 9.36. The molecule has 2 N–H and O–H groups in total. The zero-order chi connectivity index (χ0) is 27.2. The molecule has 1 aliphatic carbocycles. The number of nitrogens with one attached hydrogen (secondary N) is 1. The van der Waals surface area contributed by atoms with Crippen LogP contribution >= 0.6 is 0 Å². The first kappa shape index (κ1) is 25.6. The highest BCUT2D eigenvalue weighted by molar-refractivity contribution is 5.84. The van der Waals surface area contributed by atoms with Crippen LogP contribution in [-0.2, 0) is 20.7 Å². The lowest BCUT2D eigenvalue weighted by Gasteiger charge is -2.44. The molecular weight excluding hydrogens is 484 g/mol. The summed E-state index contributed by atoms with van der Waals surface area (Å²) in [5.41, 5.74) is -0.826. The molecular formula is C30H32N2O6. The van der Waals surface area contributed by atoms with Crippen molar-refractivity contribution in [3.8, 4) is 17.2 Å². The fourth-order valence-electron chi connectivity index (χ4n) is 6.38. The van der Waals surface area contributed by atoms with Crippen LogP contribution in [0.4, 0.5) is 0 Å². The number of aliphatic hydroxyl groups excluding tert-OH is 1. The van der Waals surface area contributed by atoms with E-state index in [1.165, 1.54) is 11.8 Å². The largest absolute Gasteiger partial charge is 0.497 e. The molecule has 0 radical (unpaired) electrons. The molecule has 1 saturated carbocycles. The summed E-state index contributed by atoms with van der Waals surface area (Å²) in [6.45, 7) is 1.40. The number of hydrogen-bond donors (Lipinski definition) is 2. The van der Waals surface area contributed by atoms with Crippen molar-refractivity contribution in [1.82, 2.24) is 10.2 Å². The third-order valence-electron chi connectivity index (χ3n) is 7.83. The van der Waals surface area contributed by atoms with E-state index in [0.29, 0.717) is 28.4 Å². The predicted molar refractivity (Wildman–Crippen MR) is 141 cm³/mol. The lowest BCUT2D eigenvalue weighted by atomic mass is 9.68. The minimum atomic E-state index is -1.49. The number of hydrogen-bond acceptors (Lipinski definition) is 6. The molecule has 1 heterocycles. The van der Waals surface area contributed by atoms with Crippen molar-refractivity contribution in [2.24, 2.45) is 5.92 Å². The Morgan fingerprint density at radius 1 is 0.947 bits per heavy atom. The lowest BCUT2D eigenvalue weighted by molar-refractivity contribution is -0.138. The zero-order valence-electron chi connectivity index (χ0n) is 22.1. The van der Waals surface area contributed by atoms with Gasteiger partial charge in [-0.05, 0) is 35.4 Å². The maximum atomic E-state index is 13.8. The molecule has 1 aliphatic heterocycles. The number of carbonyl (C=O) groups excluding carboxylic acids is 2. The molecule has 5 rings (SSSR count). The molecule has 38 heavy (non-hydrogen) atoms. The average molecular weight is 517 g/mol. The normalized spacial score (nSPS) is 27.1. The number of aliphatic hydroxyl groups is 1. The molecule has 0 bridgehead atoms. The van der Waals surface area contributed by atoms with Crippen molar-refractivity contribution in [3.63, 3.8) is 0 Å². The van der Waals surface area contributed by atoms with Crippen molar-refractivity contribution in [1.29, 1.82) is 0 Å². The van der Waals surface area contributed by atoms with Crippen molar-refractivity contribution in [2.75, 3.05) is 28.3 Å². The Labute approximate surface area is 222 Å². The minimum Gasteiger partial charge on any atom is -0.497 e. The van der Waals surface area contributed by atoms with Crippen LogP contribution in [0.2, 0.25) is 0 Å². The van der Waals surface area contributed by atoms with Gasteiger partial charge >= 0.3 is 0 Å². The molecule has 8 nitrogen and oxygen atoms in total. The van der Waals surface area contributed by atoms with Gasteiger partial charge in [-0.1, -0.05) is 42.5 Å². The quantitative estimate of drug-likeness (QED) is 0.523. The highest BCUT2D eigenvalue weighted by Gasteiger charge is 2.78. The van der Waals surface area contributed by atoms with Crippen molar-refractivity contribution < 1.29 is 28.9 Å². The van der Waals surface area contributed by atoms with Crippen LogP contribution in [0.5, 0.6) is 17.2 Å². The monoisotopic (exact) mass is 516 g/mol. The maximum Gasteiger partial charge on any atom is 0.228 e. The Hall–Kier alpha value is -4.04. The fourth-order valence-corrected chi connectivity index (χ4v) is 6.38. The van der Waals surface area contributed by atoms with E-state index >= 15 is 0 Å². The van der Waals surface area contributed by atoms with Crippen molar-refractivity contribution in [3.05, 3.63) is 89.5 Å². The number of methoxy groups -OCH3 is 2. The molecule has 0 saturated heterocycles. The summed E-state index contributed by atoms with van der Waals surface area (Å²) in [4.78, 5) is 28.2. The van der Waals surface area contributed by atoms with Gasteiger partial charge in [-0.2, -0.15) is 0 Å². The van der Waals surface area contributed by atoms with Gasteiger partial charge in [-0.25, -0.2) is 0 Å². The van der Waals surface area contributed by atoms with Gasteiger partial charge in [0, 0.05) is 38.6 Å². The van der Waals surface area contributed by atoms with E-state index in [0.717, 1.165) is 5.56 Å². The Morgan fingerprint density at radius 2 is 1.58 bits per heavy atom. The maximum absolute atomic E-state index is 13.8. The number of benzene rings is 3. The van der Waals surface area contributed by atoms with E-state index in [9.17, 15) is 14.7 Å². The fraction of sp³-hybridized carbons (Fsp3) is 0.333. The number of fused-ring (bicyclic) bond motifs is 3. The van der Waals surface area contributed by atoms with Gasteiger partial charge in [0.15, 0.2) is 5.60 Å². The molecule has 5 atom stereocenters. The minimum absolute atomic E-state index is 0.267. The van der Waals surface area contributed by atoms with Crippen LogP contribution in [0.15, 0.2) is 72.8 Å². The van der Waals surface area contributed by atoms with Crippen molar-refractivity contribution in [2.45, 2.75) is 30.1 Å². The molecule has 8 heteroatoms. The molecule has 0 aromatic heterocycles. The van der Waals surface area contributed by atoms with Crippen LogP contribution < -0.4 is 19.5 Å². The molecule has 3 aromatic carbocycles. The smallest absolute Gasteiger partial charge is 0.228 e. The summed E-state index contributed by atoms with van der Waals surface area (Å²) in [5.74, 6) is -0.564. The van der Waals surface area contributed by atoms with Crippen LogP contribution in [-0.4, -0.2) is 56.2 Å². The van der Waals surface area contributed by atoms with Gasteiger partial charge in [0.1, 0.15) is 22.8 Å². The van der Waals surface area contributed by atoms with Gasteiger partial charge in [-0.15, -0.1) is 0 Å². The number of nitrogens with zero attached hydrogens (tertiary/aromatic N) is 1. The first-order chi connectivity index (χ1) is 18.2. The predicted octanol–water partition coefficient (Wildman–Crippen LogP) is 3.19. The number of ether oxygens (including phenoxy) is 3. The molecule has 2 aliphatic rings. The zero-order valence-corrected chi connectivity index (χ0v) is 22.1. The Morgan fingerprint density at radius 3 is 2.16 bits per heavy atom. The van der Waals surface area contributed by atoms with E-state index in [1.807, 2.05) is 54.6 Å². The SMILES string of the molecule is COc1ccc([C@@]23Oc4cc(OC)ccc4[C@]2(NC(C)=O)C(O)[C@H](C(=O)N(C)C)[C@H]3c2ccccc2)cc1. The Kier molecular flexibility index (Phi) is 6.31. The molecule has 1 unspecified atom stereocenters. The third-order valence-corrected chi connectivity index (χ3v) is 7.83. The topological polar surface area (TPSA) is 97.3 Å². The van der Waals surface area contributed by atoms with Crippen LogP contribution in [0.3, 0.4) is 0 Å². The third kappa shape index (κ3) is 3.47. The van der Waals surface area contributed by atoms with E-state index in [4.69, 9.17) is 14.2 Å². The molecule has 0 spiro atoms. The Balaban J connectivity index is 1.91. The van der Waals surface area contributed by atoms with E-state index < -0.39 is 29.1 Å². The summed E-state index contributed by atoms with van der Waals surface area (Å²) >= 11 is 0. The van der Waals surface area contributed by atoms with Crippen LogP contribution in [0, 0.1) is 5.92 Å². The molecule has 3 aromatic rings. The first-order valence-corrected chi connectivity index (χ1v) is 12.5. The van der Waals surface area contributed by atoms with Crippen molar-refractivity contribution >= 4 is 11.8 Å².